The SMILES string of the molecule is COc1cccc2[nH]c(C(=O)N[C@@H](CC(C)C)C(=O)N[C@@H](C[C@@H]3CCNC3=O)C(C#N)SCCNCC(F)(F)F)cc12. The normalized spacial score (nSPS) is 17.4. The number of aromatic amines is 1. The Balaban J connectivity index is 1.74. The van der Waals surface area contributed by atoms with Crippen molar-refractivity contribution >= 4 is 40.4 Å². The number of fused-ring (bicyclic) bond motifs is 1. The molecular weight excluding hydrogens is 573 g/mol. The number of nitrogens with zero attached hydrogens (tertiary/aromatic N) is 1. The maximum atomic E-state index is 13.6. The van der Waals surface area contributed by atoms with E-state index < -0.39 is 47.8 Å². The summed E-state index contributed by atoms with van der Waals surface area (Å²) in [5, 5.41) is 20.5. The van der Waals surface area contributed by atoms with E-state index in [1.165, 1.54) is 7.11 Å². The zero-order valence-corrected chi connectivity index (χ0v) is 24.6. The van der Waals surface area contributed by atoms with Gasteiger partial charge < -0.3 is 31.0 Å². The zero-order valence-electron chi connectivity index (χ0n) is 23.8. The van der Waals surface area contributed by atoms with E-state index in [1.54, 1.807) is 24.3 Å². The van der Waals surface area contributed by atoms with Crippen LogP contribution >= 0.6 is 11.8 Å². The summed E-state index contributed by atoms with van der Waals surface area (Å²) < 4.78 is 42.7. The highest BCUT2D eigenvalue weighted by Gasteiger charge is 2.34. The van der Waals surface area contributed by atoms with Gasteiger partial charge in [0.1, 0.15) is 22.7 Å². The molecule has 4 atom stereocenters. The number of H-pyrrole nitrogens is 1. The number of rotatable bonds is 15. The Morgan fingerprint density at radius 1 is 1.26 bits per heavy atom. The first kappa shape index (κ1) is 33.1. The number of hydrogen-bond acceptors (Lipinski definition) is 7. The van der Waals surface area contributed by atoms with Crippen molar-refractivity contribution in [3.63, 3.8) is 0 Å². The van der Waals surface area contributed by atoms with Gasteiger partial charge in [0.05, 0.1) is 25.8 Å². The largest absolute Gasteiger partial charge is 0.496 e. The van der Waals surface area contributed by atoms with Crippen molar-refractivity contribution in [3.05, 3.63) is 30.0 Å². The van der Waals surface area contributed by atoms with E-state index in [4.69, 9.17) is 4.74 Å². The van der Waals surface area contributed by atoms with Crippen LogP contribution in [0, 0.1) is 23.2 Å². The number of aromatic nitrogens is 1. The summed E-state index contributed by atoms with van der Waals surface area (Å²) in [6, 6.07) is 7.43. The predicted octanol–water partition coefficient (Wildman–Crippen LogP) is 3.11. The minimum atomic E-state index is -4.35. The van der Waals surface area contributed by atoms with Crippen molar-refractivity contribution < 1.29 is 32.3 Å². The third kappa shape index (κ3) is 9.55. The van der Waals surface area contributed by atoms with E-state index in [0.717, 1.165) is 11.8 Å². The highest BCUT2D eigenvalue weighted by atomic mass is 32.2. The molecule has 5 N–H and O–H groups in total. The van der Waals surface area contributed by atoms with Crippen LogP contribution in [0.1, 0.15) is 43.6 Å². The number of hydrogen-bond donors (Lipinski definition) is 5. The molecule has 0 saturated carbocycles. The summed E-state index contributed by atoms with van der Waals surface area (Å²) in [7, 11) is 1.53. The zero-order chi connectivity index (χ0) is 30.9. The van der Waals surface area contributed by atoms with Crippen LogP contribution in [0.15, 0.2) is 24.3 Å². The van der Waals surface area contributed by atoms with Crippen molar-refractivity contribution in [2.45, 2.75) is 56.6 Å². The molecule has 1 aliphatic heterocycles. The van der Waals surface area contributed by atoms with Crippen molar-refractivity contribution in [3.8, 4) is 11.8 Å². The maximum absolute atomic E-state index is 13.6. The molecule has 42 heavy (non-hydrogen) atoms. The molecule has 0 bridgehead atoms. The van der Waals surface area contributed by atoms with E-state index in [1.807, 2.05) is 13.8 Å². The first-order chi connectivity index (χ1) is 19.9. The first-order valence-electron chi connectivity index (χ1n) is 13.7. The summed E-state index contributed by atoms with van der Waals surface area (Å²) in [5.74, 6) is -0.796. The standard InChI is InChI=1S/C28H37F3N6O4S/c1-16(2)11-21(37-27(40)22-13-18-19(35-22)5-4-6-23(18)41-3)26(39)36-20(12-17-7-8-34-25(17)38)24(14-32)42-10-9-33-15-28(29,30)31/h4-6,13,16-17,20-21,24,33,35H,7-12,15H2,1-3H3,(H,34,38)(H,36,39)(H,37,40)/t17-,20-,21-,24?/m0/s1. The molecular formula is C28H37F3N6O4S. The van der Waals surface area contributed by atoms with Gasteiger partial charge in [0.25, 0.3) is 5.91 Å². The summed E-state index contributed by atoms with van der Waals surface area (Å²) in [6.07, 6.45) is -3.32. The van der Waals surface area contributed by atoms with Crippen LogP contribution in [0.2, 0.25) is 0 Å². The molecule has 1 fully saturated rings. The molecule has 1 aliphatic rings. The Bertz CT molecular complexity index is 1280. The van der Waals surface area contributed by atoms with Crippen LogP contribution < -0.4 is 26.0 Å². The first-order valence-corrected chi connectivity index (χ1v) is 14.8. The van der Waals surface area contributed by atoms with Crippen LogP contribution in [-0.4, -0.2) is 78.7 Å². The van der Waals surface area contributed by atoms with E-state index >= 15 is 0 Å². The van der Waals surface area contributed by atoms with Gasteiger partial charge in [0.2, 0.25) is 11.8 Å². The molecule has 1 aromatic carbocycles. The number of methoxy groups -OCH3 is 1. The minimum absolute atomic E-state index is 0.00819. The van der Waals surface area contributed by atoms with Gasteiger partial charge in [-0.15, -0.1) is 11.8 Å². The fraction of sp³-hybridized carbons (Fsp3) is 0.571. The average Bonchev–Trinajstić information content (AvgIpc) is 3.55. The number of ether oxygens (including phenoxy) is 1. The molecule has 0 aliphatic carbocycles. The highest BCUT2D eigenvalue weighted by molar-refractivity contribution is 8.00. The Morgan fingerprint density at radius 3 is 2.64 bits per heavy atom. The van der Waals surface area contributed by atoms with E-state index in [2.05, 4.69) is 32.3 Å². The van der Waals surface area contributed by atoms with Crippen LogP contribution in [-0.2, 0) is 9.59 Å². The van der Waals surface area contributed by atoms with Crippen molar-refractivity contribution in [1.82, 2.24) is 26.3 Å². The third-order valence-electron chi connectivity index (χ3n) is 6.84. The fourth-order valence-electron chi connectivity index (χ4n) is 4.82. The molecule has 3 amide bonds. The molecule has 10 nitrogen and oxygen atoms in total. The molecule has 2 aromatic rings. The summed E-state index contributed by atoms with van der Waals surface area (Å²) >= 11 is 1.11. The quantitative estimate of drug-likeness (QED) is 0.195. The number of nitriles is 1. The number of nitrogens with one attached hydrogen (secondary N) is 5. The van der Waals surface area contributed by atoms with Gasteiger partial charge in [-0.05, 0) is 43.4 Å². The van der Waals surface area contributed by atoms with Crippen molar-refractivity contribution in [2.24, 2.45) is 11.8 Å². The summed E-state index contributed by atoms with van der Waals surface area (Å²) in [5.41, 5.74) is 0.935. The van der Waals surface area contributed by atoms with Crippen LogP contribution in [0.25, 0.3) is 10.9 Å². The van der Waals surface area contributed by atoms with Gasteiger partial charge in [-0.1, -0.05) is 19.9 Å². The van der Waals surface area contributed by atoms with Crippen molar-refractivity contribution in [2.75, 3.05) is 32.5 Å². The Labute approximate surface area is 246 Å². The van der Waals surface area contributed by atoms with Crippen LogP contribution in [0.3, 0.4) is 0 Å². The lowest BCUT2D eigenvalue weighted by Crippen LogP contribution is -2.53. The topological polar surface area (TPSA) is 148 Å². The molecule has 0 radical (unpaired) electrons. The lowest BCUT2D eigenvalue weighted by molar-refractivity contribution is -0.125. The van der Waals surface area contributed by atoms with Gasteiger partial charge in [-0.3, -0.25) is 14.4 Å². The molecule has 1 aromatic heterocycles. The third-order valence-corrected chi connectivity index (χ3v) is 8.07. The second-order valence-electron chi connectivity index (χ2n) is 10.6. The molecule has 2 heterocycles. The van der Waals surface area contributed by atoms with E-state index in [0.29, 0.717) is 36.0 Å². The number of benzene rings is 1. The molecule has 0 spiro atoms. The van der Waals surface area contributed by atoms with Gasteiger partial charge in [-0.25, -0.2) is 0 Å². The summed E-state index contributed by atoms with van der Waals surface area (Å²) in [6.45, 7) is 3.16. The lowest BCUT2D eigenvalue weighted by Gasteiger charge is -2.28. The lowest BCUT2D eigenvalue weighted by atomic mass is 9.95. The number of halogens is 3. The molecule has 1 unspecified atom stereocenters. The molecule has 230 valence electrons. The number of alkyl halides is 3. The maximum Gasteiger partial charge on any atom is 0.401 e. The average molecular weight is 611 g/mol. The molecule has 14 heteroatoms. The Kier molecular flexibility index (Phi) is 11.9. The fourth-order valence-corrected chi connectivity index (χ4v) is 5.82. The predicted molar refractivity (Wildman–Crippen MR) is 154 cm³/mol. The molecule has 1 saturated heterocycles. The second kappa shape index (κ2) is 15.2. The van der Waals surface area contributed by atoms with Crippen LogP contribution in [0.4, 0.5) is 13.2 Å². The van der Waals surface area contributed by atoms with Gasteiger partial charge in [0, 0.05) is 35.7 Å². The Morgan fingerprint density at radius 2 is 2.02 bits per heavy atom. The summed E-state index contributed by atoms with van der Waals surface area (Å²) in [4.78, 5) is 42.1. The minimum Gasteiger partial charge on any atom is -0.496 e. The number of carbonyl (C=O) groups excluding carboxylic acids is 3. The van der Waals surface area contributed by atoms with E-state index in [9.17, 15) is 32.8 Å². The second-order valence-corrected chi connectivity index (χ2v) is 11.8. The van der Waals surface area contributed by atoms with Gasteiger partial charge in [0.15, 0.2) is 0 Å². The van der Waals surface area contributed by atoms with Gasteiger partial charge >= 0.3 is 6.18 Å². The highest BCUT2D eigenvalue weighted by Crippen LogP contribution is 2.27. The van der Waals surface area contributed by atoms with E-state index in [-0.39, 0.29) is 36.2 Å². The number of carbonyl (C=O) groups is 3. The smallest absolute Gasteiger partial charge is 0.401 e. The number of amides is 3. The number of thioether (sulfide) groups is 1. The Hall–Kier alpha value is -3.44. The monoisotopic (exact) mass is 610 g/mol. The molecule has 3 rings (SSSR count). The van der Waals surface area contributed by atoms with Crippen molar-refractivity contribution in [1.29, 1.82) is 5.26 Å². The van der Waals surface area contributed by atoms with Gasteiger partial charge in [-0.2, -0.15) is 18.4 Å². The van der Waals surface area contributed by atoms with Crippen LogP contribution in [0.5, 0.6) is 5.75 Å².